The molecule has 138 valence electrons. The lowest BCUT2D eigenvalue weighted by atomic mass is 9.74. The molecule has 1 aliphatic heterocycles. The number of aromatic amines is 1. The number of rotatable bonds is 2. The van der Waals surface area contributed by atoms with E-state index in [0.717, 1.165) is 54.6 Å². The van der Waals surface area contributed by atoms with Gasteiger partial charge in [-0.2, -0.15) is 0 Å². The average Bonchev–Trinajstić information content (AvgIpc) is 3.20. The van der Waals surface area contributed by atoms with Gasteiger partial charge in [0.1, 0.15) is 5.75 Å². The average molecular weight is 361 g/mol. The number of likely N-dealkylation sites (tertiary alicyclic amines) is 1. The molecule has 5 nitrogen and oxygen atoms in total. The molecule has 0 bridgehead atoms. The molecule has 1 saturated heterocycles. The van der Waals surface area contributed by atoms with Crippen molar-refractivity contribution < 1.29 is 9.53 Å². The zero-order valence-corrected chi connectivity index (χ0v) is 15.4. The standard InChI is InChI=1S/C22H23N3O2/c1-27-21-6-2-4-15-16-5-3-11-25(20(16)10-8-17(15)21)22(26)14-7-9-18-19(12-14)24-13-23-18/h2,4,6-7,9,12-13,16,20H,3,5,8,10-11H2,1H3,(H,23,24)/t16-,20+/m0/s1. The van der Waals surface area contributed by atoms with E-state index in [1.807, 2.05) is 24.3 Å². The van der Waals surface area contributed by atoms with Crippen molar-refractivity contribution in [3.8, 4) is 5.75 Å². The van der Waals surface area contributed by atoms with Crippen molar-refractivity contribution in [3.63, 3.8) is 0 Å². The Bertz CT molecular complexity index is 1010. The van der Waals surface area contributed by atoms with Crippen LogP contribution in [0.1, 0.15) is 46.7 Å². The number of H-pyrrole nitrogens is 1. The fourth-order valence-corrected chi connectivity index (χ4v) is 4.94. The number of imidazole rings is 1. The number of carbonyl (C=O) groups excluding carboxylic acids is 1. The van der Waals surface area contributed by atoms with Crippen molar-refractivity contribution in [2.75, 3.05) is 13.7 Å². The molecular formula is C22H23N3O2. The zero-order valence-electron chi connectivity index (χ0n) is 15.4. The Balaban J connectivity index is 1.48. The Hall–Kier alpha value is -2.82. The molecular weight excluding hydrogens is 338 g/mol. The molecule has 0 spiro atoms. The summed E-state index contributed by atoms with van der Waals surface area (Å²) in [6.45, 7) is 0.831. The number of piperidine rings is 1. The predicted octanol–water partition coefficient (Wildman–Crippen LogP) is 3.91. The third kappa shape index (κ3) is 2.60. The van der Waals surface area contributed by atoms with Gasteiger partial charge >= 0.3 is 0 Å². The number of nitrogens with zero attached hydrogens (tertiary/aromatic N) is 2. The molecule has 5 heteroatoms. The van der Waals surface area contributed by atoms with Crippen LogP contribution in [0.2, 0.25) is 0 Å². The molecule has 1 fully saturated rings. The molecule has 2 heterocycles. The first-order valence-electron chi connectivity index (χ1n) is 9.66. The molecule has 2 aliphatic rings. The summed E-state index contributed by atoms with van der Waals surface area (Å²) in [5, 5.41) is 0. The Morgan fingerprint density at radius 2 is 2.19 bits per heavy atom. The molecule has 1 aromatic heterocycles. The lowest BCUT2D eigenvalue weighted by Gasteiger charge is -2.45. The van der Waals surface area contributed by atoms with Crippen molar-refractivity contribution in [2.24, 2.45) is 0 Å². The second-order valence-electron chi connectivity index (χ2n) is 7.52. The topological polar surface area (TPSA) is 58.2 Å². The Labute approximate surface area is 158 Å². The normalized spacial score (nSPS) is 21.6. The maximum absolute atomic E-state index is 13.3. The molecule has 0 radical (unpaired) electrons. The number of amides is 1. The van der Waals surface area contributed by atoms with Crippen molar-refractivity contribution in [2.45, 2.75) is 37.6 Å². The summed E-state index contributed by atoms with van der Waals surface area (Å²) in [6.07, 6.45) is 5.79. The quantitative estimate of drug-likeness (QED) is 0.753. The summed E-state index contributed by atoms with van der Waals surface area (Å²) < 4.78 is 5.58. The highest BCUT2D eigenvalue weighted by Crippen LogP contribution is 2.43. The molecule has 1 aliphatic carbocycles. The largest absolute Gasteiger partial charge is 0.496 e. The SMILES string of the molecule is COc1cccc2c1CC[C@@H]1[C@H]2CCCN1C(=O)c1ccc2[nH]cnc2c1. The molecule has 2 atom stereocenters. The van der Waals surface area contributed by atoms with E-state index in [2.05, 4.69) is 27.0 Å². The van der Waals surface area contributed by atoms with Gasteiger partial charge in [0.15, 0.2) is 0 Å². The molecule has 0 unspecified atom stereocenters. The number of hydrogen-bond acceptors (Lipinski definition) is 3. The molecule has 3 aromatic rings. The van der Waals surface area contributed by atoms with Crippen LogP contribution in [0.4, 0.5) is 0 Å². The van der Waals surface area contributed by atoms with E-state index < -0.39 is 0 Å². The molecule has 1 N–H and O–H groups in total. The first kappa shape index (κ1) is 16.4. The van der Waals surface area contributed by atoms with Crippen LogP contribution >= 0.6 is 0 Å². The van der Waals surface area contributed by atoms with Crippen LogP contribution in [-0.2, 0) is 6.42 Å². The first-order chi connectivity index (χ1) is 13.3. The van der Waals surface area contributed by atoms with Crippen LogP contribution < -0.4 is 4.74 Å². The molecule has 0 saturated carbocycles. The van der Waals surface area contributed by atoms with Crippen molar-refractivity contribution >= 4 is 16.9 Å². The van der Waals surface area contributed by atoms with Crippen molar-refractivity contribution in [3.05, 3.63) is 59.4 Å². The van der Waals surface area contributed by atoms with Crippen LogP contribution in [0.5, 0.6) is 5.75 Å². The van der Waals surface area contributed by atoms with E-state index in [1.165, 1.54) is 11.1 Å². The summed E-state index contributed by atoms with van der Waals surface area (Å²) in [7, 11) is 1.74. The lowest BCUT2D eigenvalue weighted by molar-refractivity contribution is 0.0546. The number of ether oxygens (including phenoxy) is 1. The minimum atomic E-state index is 0.126. The van der Waals surface area contributed by atoms with Crippen LogP contribution in [-0.4, -0.2) is 40.5 Å². The number of hydrogen-bond donors (Lipinski definition) is 1. The number of carbonyl (C=O) groups is 1. The highest BCUT2D eigenvalue weighted by Gasteiger charge is 2.39. The van der Waals surface area contributed by atoms with Gasteiger partial charge in [0.25, 0.3) is 5.91 Å². The molecule has 1 amide bonds. The first-order valence-corrected chi connectivity index (χ1v) is 9.66. The van der Waals surface area contributed by atoms with E-state index >= 15 is 0 Å². The van der Waals surface area contributed by atoms with Gasteiger partial charge in [-0.25, -0.2) is 4.98 Å². The fraction of sp³-hybridized carbons (Fsp3) is 0.364. The van der Waals surface area contributed by atoms with Gasteiger partial charge < -0.3 is 14.6 Å². The zero-order chi connectivity index (χ0) is 18.4. The molecule has 27 heavy (non-hydrogen) atoms. The van der Waals surface area contributed by atoms with E-state index in [-0.39, 0.29) is 11.9 Å². The minimum Gasteiger partial charge on any atom is -0.496 e. The third-order valence-electron chi connectivity index (χ3n) is 6.19. The number of benzene rings is 2. The van der Waals surface area contributed by atoms with Gasteiger partial charge in [0.05, 0.1) is 24.5 Å². The lowest BCUT2D eigenvalue weighted by Crippen LogP contribution is -2.49. The van der Waals surface area contributed by atoms with E-state index in [0.29, 0.717) is 5.92 Å². The number of aromatic nitrogens is 2. The predicted molar refractivity (Wildman–Crippen MR) is 104 cm³/mol. The Morgan fingerprint density at radius 3 is 3.07 bits per heavy atom. The number of nitrogens with one attached hydrogen (secondary N) is 1. The second kappa shape index (κ2) is 6.41. The van der Waals surface area contributed by atoms with Gasteiger partial charge in [-0.3, -0.25) is 4.79 Å². The van der Waals surface area contributed by atoms with Gasteiger partial charge in [-0.15, -0.1) is 0 Å². The van der Waals surface area contributed by atoms with E-state index in [9.17, 15) is 4.79 Å². The van der Waals surface area contributed by atoms with Crippen LogP contribution in [0, 0.1) is 0 Å². The minimum absolute atomic E-state index is 0.126. The highest BCUT2D eigenvalue weighted by atomic mass is 16.5. The van der Waals surface area contributed by atoms with Gasteiger partial charge in [-0.05, 0) is 61.1 Å². The van der Waals surface area contributed by atoms with Gasteiger partial charge in [0.2, 0.25) is 0 Å². The molecule has 5 rings (SSSR count). The molecule has 2 aromatic carbocycles. The fourth-order valence-electron chi connectivity index (χ4n) is 4.94. The third-order valence-corrected chi connectivity index (χ3v) is 6.19. The van der Waals surface area contributed by atoms with Crippen LogP contribution in [0.15, 0.2) is 42.7 Å². The summed E-state index contributed by atoms with van der Waals surface area (Å²) in [6, 6.07) is 12.4. The Morgan fingerprint density at radius 1 is 1.26 bits per heavy atom. The smallest absolute Gasteiger partial charge is 0.254 e. The van der Waals surface area contributed by atoms with E-state index in [4.69, 9.17) is 4.74 Å². The van der Waals surface area contributed by atoms with Crippen molar-refractivity contribution in [1.82, 2.24) is 14.9 Å². The monoisotopic (exact) mass is 361 g/mol. The second-order valence-corrected chi connectivity index (χ2v) is 7.52. The summed E-state index contributed by atoms with van der Waals surface area (Å²) in [5.74, 6) is 1.51. The van der Waals surface area contributed by atoms with E-state index in [1.54, 1.807) is 13.4 Å². The maximum atomic E-state index is 13.3. The van der Waals surface area contributed by atoms with Crippen LogP contribution in [0.25, 0.3) is 11.0 Å². The van der Waals surface area contributed by atoms with Gasteiger partial charge in [0, 0.05) is 24.1 Å². The Kier molecular flexibility index (Phi) is 3.88. The van der Waals surface area contributed by atoms with Gasteiger partial charge in [-0.1, -0.05) is 12.1 Å². The number of methoxy groups -OCH3 is 1. The number of fused-ring (bicyclic) bond motifs is 4. The van der Waals surface area contributed by atoms with Crippen molar-refractivity contribution in [1.29, 1.82) is 0 Å². The van der Waals surface area contributed by atoms with Crippen LogP contribution in [0.3, 0.4) is 0 Å². The maximum Gasteiger partial charge on any atom is 0.254 e. The summed E-state index contributed by atoms with van der Waals surface area (Å²) in [4.78, 5) is 22.8. The summed E-state index contributed by atoms with van der Waals surface area (Å²) in [5.41, 5.74) is 5.22. The summed E-state index contributed by atoms with van der Waals surface area (Å²) >= 11 is 0. The highest BCUT2D eigenvalue weighted by molar-refractivity contribution is 5.97.